The monoisotopic (exact) mass is 1240 g/mol. The van der Waals surface area contributed by atoms with Gasteiger partial charge in [0.25, 0.3) is 6.71 Å². The number of nitrogens with zero attached hydrogens (tertiary/aromatic N) is 5. The number of rotatable bonds is 7. The van der Waals surface area contributed by atoms with Crippen LogP contribution in [0.5, 0.6) is 0 Å². The van der Waals surface area contributed by atoms with Gasteiger partial charge in [0.1, 0.15) is 11.6 Å². The lowest BCUT2D eigenvalue weighted by atomic mass is 9.33. The van der Waals surface area contributed by atoms with Crippen LogP contribution in [0.3, 0.4) is 0 Å². The van der Waals surface area contributed by atoms with Crippen molar-refractivity contribution in [3.63, 3.8) is 0 Å². The van der Waals surface area contributed by atoms with E-state index in [9.17, 15) is 17.6 Å². The molecule has 6 heteroatoms. The number of aromatic nitrogens is 2. The number of nitriles is 1. The van der Waals surface area contributed by atoms with Gasteiger partial charge in [-0.15, -0.1) is 0 Å². The van der Waals surface area contributed by atoms with Crippen LogP contribution in [0.15, 0.2) is 255 Å². The fourth-order valence-corrected chi connectivity index (χ4v) is 14.4. The van der Waals surface area contributed by atoms with E-state index in [1.807, 2.05) is 130 Å². The summed E-state index contributed by atoms with van der Waals surface area (Å²) in [4.78, 5) is 4.51. The summed E-state index contributed by atoms with van der Waals surface area (Å²) in [5.41, 5.74) is 16.1. The van der Waals surface area contributed by atoms with E-state index < -0.39 is 65.9 Å². The first-order valence-corrected chi connectivity index (χ1v) is 32.7. The van der Waals surface area contributed by atoms with Crippen LogP contribution in [0, 0.1) is 11.3 Å². The molecule has 0 aliphatic carbocycles. The van der Waals surface area contributed by atoms with Gasteiger partial charge in [-0.25, -0.2) is 0 Å². The van der Waals surface area contributed by atoms with Crippen LogP contribution in [0.25, 0.3) is 88.4 Å². The van der Waals surface area contributed by atoms with Crippen LogP contribution in [0.1, 0.15) is 127 Å². The summed E-state index contributed by atoms with van der Waals surface area (Å²) in [6.07, 6.45) is 0. The predicted octanol–water partition coefficient (Wildman–Crippen LogP) is 22.0. The van der Waals surface area contributed by atoms with Gasteiger partial charge in [0.2, 0.25) is 0 Å². The third-order valence-corrected chi connectivity index (χ3v) is 19.4. The van der Waals surface area contributed by atoms with Gasteiger partial charge in [-0.05, 0) is 167 Å². The number of hydrogen-bond donors (Lipinski definition) is 0. The van der Waals surface area contributed by atoms with Gasteiger partial charge in [-0.3, -0.25) is 0 Å². The molecule has 16 rings (SSSR count). The van der Waals surface area contributed by atoms with Crippen LogP contribution < -0.4 is 26.2 Å². The number of benzene rings is 12. The molecule has 14 aromatic rings. The number of hydrogen-bond acceptors (Lipinski definition) is 3. The molecule has 462 valence electrons. The summed E-state index contributed by atoms with van der Waals surface area (Å²) >= 11 is 0. The minimum atomic E-state index is -0.737. The van der Waals surface area contributed by atoms with E-state index >= 15 is 0 Å². The van der Waals surface area contributed by atoms with Gasteiger partial charge < -0.3 is 18.9 Å². The zero-order valence-corrected chi connectivity index (χ0v) is 55.6. The molecular weight excluding hydrogens is 1150 g/mol. The highest BCUT2D eigenvalue weighted by Crippen LogP contribution is 2.52. The molecule has 0 unspecified atom stereocenters. The van der Waals surface area contributed by atoms with Crippen molar-refractivity contribution in [1.29, 1.82) is 5.26 Å². The average molecular weight is 1240 g/mol. The summed E-state index contributed by atoms with van der Waals surface area (Å²) < 4.78 is 116. The molecule has 0 N–H and O–H groups in total. The van der Waals surface area contributed by atoms with E-state index in [0.717, 1.165) is 77.5 Å². The zero-order valence-electron chi connectivity index (χ0n) is 67.6. The Morgan fingerprint density at radius 3 is 1.48 bits per heavy atom. The molecule has 0 atom stereocenters. The lowest BCUT2D eigenvalue weighted by Crippen LogP contribution is -2.61. The molecule has 0 radical (unpaired) electrons. The van der Waals surface area contributed by atoms with E-state index in [2.05, 4.69) is 156 Å². The van der Waals surface area contributed by atoms with Crippen LogP contribution >= 0.6 is 0 Å². The van der Waals surface area contributed by atoms with Crippen molar-refractivity contribution in [1.82, 2.24) is 9.13 Å². The van der Waals surface area contributed by atoms with Crippen LogP contribution in [0.2, 0.25) is 0 Å². The summed E-state index contributed by atoms with van der Waals surface area (Å²) in [7, 11) is 0. The van der Waals surface area contributed by atoms with Crippen molar-refractivity contribution < 1.29 is 16.4 Å². The third kappa shape index (κ3) is 9.72. The fourth-order valence-electron chi connectivity index (χ4n) is 14.4. The molecule has 0 spiro atoms. The van der Waals surface area contributed by atoms with Crippen molar-refractivity contribution in [3.8, 4) is 50.8 Å². The first-order chi connectivity index (χ1) is 50.6. The molecule has 0 fully saturated rings. The standard InChI is InChI=1S/C89H78BN5/c1-86(2,3)61-29-24-28-57(46-61)58-41-45-80(70(49-58)56-26-14-13-15-27-56)95-82-54-65(92-74-34-20-16-30-66(74)67-31-17-21-35-75(67)92)42-44-73(82)90-72-43-40-59(60-47-62(87(4,5)6)51-63(48-60)88(7,8)9)50-81(72)94(83-52-64(89(10,11)12)53-84(95)85(83)90)79-39-25-38-78(71(79)55-91)93-76-36-22-18-32-68(76)69-33-19-23-37-77(69)93/h13-54H,1-12H3/i16D,17D,20D,21D,24D,28D,29D,30D,31D,34D,35D,46D. The highest BCUT2D eigenvalue weighted by molar-refractivity contribution is 7.00. The molecule has 0 amide bonds. The van der Waals surface area contributed by atoms with Crippen molar-refractivity contribution in [2.75, 3.05) is 9.80 Å². The lowest BCUT2D eigenvalue weighted by Gasteiger charge is -2.46. The Labute approximate surface area is 576 Å². The lowest BCUT2D eigenvalue weighted by molar-refractivity contribution is 0.569. The normalized spacial score (nSPS) is 15.0. The maximum atomic E-state index is 12.3. The Bertz CT molecular complexity index is 6100. The van der Waals surface area contributed by atoms with E-state index in [0.29, 0.717) is 50.7 Å². The molecule has 2 aromatic heterocycles. The Kier molecular flexibility index (Phi) is 10.8. The van der Waals surface area contributed by atoms with E-state index in [1.165, 1.54) is 11.1 Å². The second kappa shape index (κ2) is 21.7. The largest absolute Gasteiger partial charge is 0.311 e. The van der Waals surface area contributed by atoms with Gasteiger partial charge in [0.05, 0.1) is 55.6 Å². The van der Waals surface area contributed by atoms with Gasteiger partial charge >= 0.3 is 0 Å². The predicted molar refractivity (Wildman–Crippen MR) is 405 cm³/mol. The first-order valence-electron chi connectivity index (χ1n) is 38.7. The number of para-hydroxylation sites is 4. The van der Waals surface area contributed by atoms with Crippen molar-refractivity contribution in [3.05, 3.63) is 282 Å². The molecule has 4 heterocycles. The SMILES string of the molecule is [2H]c1c([2H])c(-c2ccc(N3c4cc(-n5c6c([2H])c([2H])c([2H])c([2H])c6c6c([2H])c([2H])c([2H])c([2H])c65)ccc4B4c5ccc(-c6cc(C(C)(C)C)cc(C(C)(C)C)c6)cc5N(c5cccc(-n6c7ccccc7c7ccccc76)c5C#N)c5cc(C(C)(C)C)cc3c54)c(-c3ccccc3)c2)c([2H])c(C(C)(C)C)c1[2H]. The molecule has 2 aliphatic heterocycles. The Morgan fingerprint density at radius 1 is 0.347 bits per heavy atom. The fraction of sp³-hybridized carbons (Fsp3) is 0.180. The summed E-state index contributed by atoms with van der Waals surface area (Å²) in [6, 6.07) is 60.5. The topological polar surface area (TPSA) is 40.1 Å². The molecule has 12 aromatic carbocycles. The zero-order chi connectivity index (χ0) is 76.1. The smallest absolute Gasteiger partial charge is 0.252 e. The number of fused-ring (bicyclic) bond motifs is 10. The Balaban J connectivity index is 1.07. The van der Waals surface area contributed by atoms with Gasteiger partial charge in [0.15, 0.2) is 0 Å². The second-order valence-electron chi connectivity index (χ2n) is 29.6. The minimum Gasteiger partial charge on any atom is -0.311 e. The van der Waals surface area contributed by atoms with Crippen LogP contribution in [-0.4, -0.2) is 15.8 Å². The first kappa shape index (κ1) is 47.3. The molecule has 2 aliphatic rings. The Hall–Kier alpha value is -10.6. The van der Waals surface area contributed by atoms with E-state index in [-0.39, 0.29) is 62.4 Å². The van der Waals surface area contributed by atoms with Gasteiger partial charge in [0, 0.05) is 55.5 Å². The van der Waals surface area contributed by atoms with E-state index in [1.54, 1.807) is 4.57 Å². The quantitative estimate of drug-likeness (QED) is 0.149. The van der Waals surface area contributed by atoms with Gasteiger partial charge in [-0.2, -0.15) is 5.26 Å². The molecule has 0 bridgehead atoms. The van der Waals surface area contributed by atoms with Crippen molar-refractivity contribution in [2.24, 2.45) is 0 Å². The third-order valence-electron chi connectivity index (χ3n) is 19.4. The summed E-state index contributed by atoms with van der Waals surface area (Å²) in [6.45, 7) is 25.1. The van der Waals surface area contributed by atoms with Crippen LogP contribution in [-0.2, 0) is 21.7 Å². The molecule has 0 saturated heterocycles. The number of anilines is 6. The highest BCUT2D eigenvalue weighted by atomic mass is 15.2. The molecule has 95 heavy (non-hydrogen) atoms. The van der Waals surface area contributed by atoms with Crippen LogP contribution in [0.4, 0.5) is 34.1 Å². The summed E-state index contributed by atoms with van der Waals surface area (Å²) in [5, 5.41) is 14.3. The van der Waals surface area contributed by atoms with Crippen molar-refractivity contribution in [2.45, 2.75) is 105 Å². The Morgan fingerprint density at radius 2 is 0.874 bits per heavy atom. The maximum absolute atomic E-state index is 12.3. The maximum Gasteiger partial charge on any atom is 0.252 e. The average Bonchev–Trinajstić information content (AvgIpc) is 1.30. The second-order valence-corrected chi connectivity index (χ2v) is 29.6. The van der Waals surface area contributed by atoms with Gasteiger partial charge in [-0.1, -0.05) is 259 Å². The van der Waals surface area contributed by atoms with E-state index in [4.69, 9.17) is 4.11 Å². The molecule has 0 saturated carbocycles. The summed E-state index contributed by atoms with van der Waals surface area (Å²) in [5.74, 6) is 0. The highest BCUT2D eigenvalue weighted by Gasteiger charge is 2.46. The minimum absolute atomic E-state index is 0.0162. The molecule has 5 nitrogen and oxygen atoms in total. The molecular formula is C89H78BN5. The van der Waals surface area contributed by atoms with Crippen molar-refractivity contribution >= 4 is 101 Å².